The van der Waals surface area contributed by atoms with Crippen LogP contribution in [0.15, 0.2) is 40.9 Å². The zero-order chi connectivity index (χ0) is 17.0. The third-order valence-electron chi connectivity index (χ3n) is 2.81. The van der Waals surface area contributed by atoms with Crippen molar-refractivity contribution in [1.29, 1.82) is 0 Å². The van der Waals surface area contributed by atoms with Crippen LogP contribution in [0.1, 0.15) is 10.4 Å². The number of hydrogen-bond acceptors (Lipinski definition) is 3. The number of amides is 1. The lowest BCUT2D eigenvalue weighted by Gasteiger charge is -2.13. The van der Waals surface area contributed by atoms with Gasteiger partial charge in [-0.3, -0.25) is 10.1 Å². The molecule has 1 amide bonds. The molecule has 0 aliphatic rings. The second kappa shape index (κ2) is 8.27. The largest absolute Gasteiger partial charge is 0.496 e. The van der Waals surface area contributed by atoms with E-state index in [2.05, 4.69) is 49.2 Å². The lowest BCUT2D eigenvalue weighted by Crippen LogP contribution is -2.34. The Labute approximate surface area is 166 Å². The van der Waals surface area contributed by atoms with Gasteiger partial charge in [-0.1, -0.05) is 27.5 Å². The van der Waals surface area contributed by atoms with Crippen LogP contribution in [0.5, 0.6) is 5.75 Å². The number of hydrogen-bond donors (Lipinski definition) is 2. The first-order valence-corrected chi connectivity index (χ1v) is 8.97. The standard InChI is InChI=1S/C15H11BrClIN2O2S/c1-22-13-5-3-9(17)7-10(13)14(21)20-15(23)19-12-4-2-8(16)6-11(12)18/h2-7H,1H3,(H2,19,20,21,23). The summed E-state index contributed by atoms with van der Waals surface area (Å²) in [7, 11) is 1.49. The molecule has 0 saturated heterocycles. The number of methoxy groups -OCH3 is 1. The normalized spacial score (nSPS) is 10.1. The maximum atomic E-state index is 12.3. The Morgan fingerprint density at radius 3 is 2.70 bits per heavy atom. The van der Waals surface area contributed by atoms with Gasteiger partial charge in [-0.05, 0) is 71.2 Å². The van der Waals surface area contributed by atoms with Gasteiger partial charge >= 0.3 is 0 Å². The molecular formula is C15H11BrClIN2O2S. The SMILES string of the molecule is COc1ccc(Cl)cc1C(=O)NC(=S)Nc1ccc(Br)cc1I. The number of nitrogens with one attached hydrogen (secondary N) is 2. The van der Waals surface area contributed by atoms with Gasteiger partial charge in [0.2, 0.25) is 0 Å². The fourth-order valence-corrected chi connectivity index (χ4v) is 3.59. The topological polar surface area (TPSA) is 50.4 Å². The van der Waals surface area contributed by atoms with E-state index < -0.39 is 5.91 Å². The number of halogens is 3. The first kappa shape index (κ1) is 18.4. The molecule has 4 nitrogen and oxygen atoms in total. The number of ether oxygens (including phenoxy) is 1. The summed E-state index contributed by atoms with van der Waals surface area (Å²) in [4.78, 5) is 12.3. The molecule has 0 saturated carbocycles. The molecule has 2 aromatic carbocycles. The third-order valence-corrected chi connectivity index (χ3v) is 4.64. The number of carbonyl (C=O) groups is 1. The van der Waals surface area contributed by atoms with E-state index in [0.29, 0.717) is 16.3 Å². The van der Waals surface area contributed by atoms with Crippen molar-refractivity contribution in [2.45, 2.75) is 0 Å². The van der Waals surface area contributed by atoms with Crippen molar-refractivity contribution >= 4 is 79.0 Å². The second-order valence-electron chi connectivity index (χ2n) is 4.38. The highest BCUT2D eigenvalue weighted by Gasteiger charge is 2.14. The zero-order valence-electron chi connectivity index (χ0n) is 11.8. The van der Waals surface area contributed by atoms with Gasteiger partial charge in [-0.25, -0.2) is 0 Å². The molecule has 0 unspecified atom stereocenters. The molecule has 0 fully saturated rings. The quantitative estimate of drug-likeness (QED) is 0.445. The molecule has 0 bridgehead atoms. The summed E-state index contributed by atoms with van der Waals surface area (Å²) in [5.41, 5.74) is 1.12. The van der Waals surface area contributed by atoms with E-state index in [4.69, 9.17) is 28.6 Å². The molecule has 2 aromatic rings. The fourth-order valence-electron chi connectivity index (χ4n) is 1.77. The van der Waals surface area contributed by atoms with Crippen molar-refractivity contribution < 1.29 is 9.53 Å². The monoisotopic (exact) mass is 524 g/mol. The van der Waals surface area contributed by atoms with Crippen LogP contribution in [0.4, 0.5) is 5.69 Å². The Hall–Kier alpha value is -0.900. The molecule has 23 heavy (non-hydrogen) atoms. The smallest absolute Gasteiger partial charge is 0.261 e. The molecule has 0 aliphatic heterocycles. The molecule has 8 heteroatoms. The van der Waals surface area contributed by atoms with Crippen molar-refractivity contribution in [3.05, 3.63) is 55.0 Å². The van der Waals surface area contributed by atoms with E-state index in [1.807, 2.05) is 18.2 Å². The number of rotatable bonds is 3. The van der Waals surface area contributed by atoms with Gasteiger partial charge in [0.05, 0.1) is 18.4 Å². The predicted octanol–water partition coefficient (Wildman–Crippen LogP) is 4.84. The van der Waals surface area contributed by atoms with Crippen molar-refractivity contribution in [1.82, 2.24) is 5.32 Å². The lowest BCUT2D eigenvalue weighted by atomic mass is 10.2. The summed E-state index contributed by atoms with van der Waals surface area (Å²) in [6.07, 6.45) is 0. The van der Waals surface area contributed by atoms with E-state index in [1.165, 1.54) is 13.2 Å². The first-order valence-electron chi connectivity index (χ1n) is 6.31. The second-order valence-corrected chi connectivity index (χ2v) is 7.30. The molecule has 120 valence electrons. The highest BCUT2D eigenvalue weighted by Crippen LogP contribution is 2.24. The van der Waals surface area contributed by atoms with Gasteiger partial charge in [-0.2, -0.15) is 0 Å². The van der Waals surface area contributed by atoms with E-state index in [-0.39, 0.29) is 5.11 Å². The lowest BCUT2D eigenvalue weighted by molar-refractivity contribution is 0.0975. The van der Waals surface area contributed by atoms with Gasteiger partial charge in [0.1, 0.15) is 5.75 Å². The molecule has 0 aliphatic carbocycles. The molecule has 0 atom stereocenters. The zero-order valence-corrected chi connectivity index (χ0v) is 17.1. The minimum atomic E-state index is -0.394. The van der Waals surface area contributed by atoms with Crippen LogP contribution in [-0.2, 0) is 0 Å². The molecule has 0 heterocycles. The fraction of sp³-hybridized carbons (Fsp3) is 0.0667. The van der Waals surface area contributed by atoms with Crippen LogP contribution in [0.2, 0.25) is 5.02 Å². The number of anilines is 1. The van der Waals surface area contributed by atoms with Crippen LogP contribution in [-0.4, -0.2) is 18.1 Å². The Bertz CT molecular complexity index is 773. The van der Waals surface area contributed by atoms with Crippen LogP contribution in [0, 0.1) is 3.57 Å². The van der Waals surface area contributed by atoms with Crippen LogP contribution < -0.4 is 15.4 Å². The molecule has 0 spiro atoms. The van der Waals surface area contributed by atoms with E-state index in [9.17, 15) is 4.79 Å². The van der Waals surface area contributed by atoms with Crippen molar-refractivity contribution in [2.75, 3.05) is 12.4 Å². The van der Waals surface area contributed by atoms with E-state index in [1.54, 1.807) is 12.1 Å². The average Bonchev–Trinajstić information content (AvgIpc) is 2.50. The molecule has 2 rings (SSSR count). The van der Waals surface area contributed by atoms with Gasteiger partial charge < -0.3 is 10.1 Å². The number of carbonyl (C=O) groups excluding carboxylic acids is 1. The minimum absolute atomic E-state index is 0.192. The maximum absolute atomic E-state index is 12.3. The molecule has 0 radical (unpaired) electrons. The summed E-state index contributed by atoms with van der Waals surface area (Å²) >= 11 is 16.7. The molecule has 2 N–H and O–H groups in total. The van der Waals surface area contributed by atoms with Crippen LogP contribution in [0.25, 0.3) is 0 Å². The van der Waals surface area contributed by atoms with E-state index in [0.717, 1.165) is 13.7 Å². The molecular weight excluding hydrogens is 515 g/mol. The summed E-state index contributed by atoms with van der Waals surface area (Å²) in [5.74, 6) is 0.0295. The molecule has 0 aromatic heterocycles. The summed E-state index contributed by atoms with van der Waals surface area (Å²) in [6.45, 7) is 0. The van der Waals surface area contributed by atoms with Gasteiger partial charge in [0.15, 0.2) is 5.11 Å². The maximum Gasteiger partial charge on any atom is 0.261 e. The third kappa shape index (κ3) is 5.03. The number of benzene rings is 2. The van der Waals surface area contributed by atoms with Gasteiger partial charge in [0.25, 0.3) is 5.91 Å². The van der Waals surface area contributed by atoms with Crippen molar-refractivity contribution in [3.8, 4) is 5.75 Å². The minimum Gasteiger partial charge on any atom is -0.496 e. The predicted molar refractivity (Wildman–Crippen MR) is 109 cm³/mol. The van der Waals surface area contributed by atoms with Crippen molar-refractivity contribution in [3.63, 3.8) is 0 Å². The van der Waals surface area contributed by atoms with E-state index >= 15 is 0 Å². The highest BCUT2D eigenvalue weighted by atomic mass is 127. The summed E-state index contributed by atoms with van der Waals surface area (Å²) < 4.78 is 7.09. The first-order chi connectivity index (χ1) is 10.9. The number of thiocarbonyl (C=S) groups is 1. The van der Waals surface area contributed by atoms with Crippen molar-refractivity contribution in [2.24, 2.45) is 0 Å². The van der Waals surface area contributed by atoms with Crippen LogP contribution in [0.3, 0.4) is 0 Å². The summed E-state index contributed by atoms with van der Waals surface area (Å²) in [5, 5.41) is 6.24. The Balaban J connectivity index is 2.11. The van der Waals surface area contributed by atoms with Gasteiger partial charge in [0, 0.05) is 13.1 Å². The highest BCUT2D eigenvalue weighted by molar-refractivity contribution is 14.1. The Kier molecular flexibility index (Phi) is 6.63. The Morgan fingerprint density at radius 1 is 1.30 bits per heavy atom. The Morgan fingerprint density at radius 2 is 2.04 bits per heavy atom. The van der Waals surface area contributed by atoms with Gasteiger partial charge in [-0.15, -0.1) is 0 Å². The summed E-state index contributed by atoms with van der Waals surface area (Å²) in [6, 6.07) is 10.5. The average molecular weight is 526 g/mol. The van der Waals surface area contributed by atoms with Crippen LogP contribution >= 0.6 is 62.3 Å².